The zero-order valence-corrected chi connectivity index (χ0v) is 11.7. The van der Waals surface area contributed by atoms with Crippen LogP contribution in [0.3, 0.4) is 0 Å². The molecule has 0 saturated carbocycles. The number of para-hydroxylation sites is 1. The van der Waals surface area contributed by atoms with E-state index in [0.29, 0.717) is 26.2 Å². The fourth-order valence-corrected chi connectivity index (χ4v) is 2.58. The Kier molecular flexibility index (Phi) is 3.94. The minimum Gasteiger partial charge on any atom is -0.489 e. The van der Waals surface area contributed by atoms with Gasteiger partial charge in [0.25, 0.3) is 0 Å². The van der Waals surface area contributed by atoms with Crippen molar-refractivity contribution in [2.75, 3.05) is 32.8 Å². The number of nitrogens with zero attached hydrogens (tertiary/aromatic N) is 2. The lowest BCUT2D eigenvalue weighted by atomic mass is 10.3. The van der Waals surface area contributed by atoms with Crippen LogP contribution in [0.25, 0.3) is 0 Å². The quantitative estimate of drug-likeness (QED) is 0.834. The third-order valence-corrected chi connectivity index (χ3v) is 3.71. The molecule has 0 unspecified atom stereocenters. The molecule has 3 rings (SSSR count). The number of amides is 2. The van der Waals surface area contributed by atoms with Crippen LogP contribution in [0.4, 0.5) is 4.79 Å². The zero-order valence-electron chi connectivity index (χ0n) is 11.7. The van der Waals surface area contributed by atoms with Gasteiger partial charge in [0.15, 0.2) is 0 Å². The Morgan fingerprint density at radius 3 is 2.81 bits per heavy atom. The fraction of sp³-hybridized carbons (Fsp3) is 0.467. The molecule has 0 N–H and O–H groups in total. The van der Waals surface area contributed by atoms with Gasteiger partial charge in [-0.25, -0.2) is 4.79 Å². The Balaban J connectivity index is 1.50. The lowest BCUT2D eigenvalue weighted by Gasteiger charge is -2.20. The third-order valence-electron chi connectivity index (χ3n) is 3.71. The van der Waals surface area contributed by atoms with Gasteiger partial charge in [0.2, 0.25) is 5.91 Å². The second-order valence-electron chi connectivity index (χ2n) is 5.22. The maximum Gasteiger partial charge on any atom is 0.410 e. The molecule has 0 aromatic heterocycles. The first kappa shape index (κ1) is 13.7. The molecule has 2 aliphatic rings. The third kappa shape index (κ3) is 3.26. The molecule has 2 fully saturated rings. The Morgan fingerprint density at radius 2 is 2.10 bits per heavy atom. The van der Waals surface area contributed by atoms with Crippen LogP contribution in [0, 0.1) is 0 Å². The van der Waals surface area contributed by atoms with Crippen LogP contribution in [0.15, 0.2) is 30.3 Å². The Hall–Kier alpha value is -2.24. The van der Waals surface area contributed by atoms with E-state index in [0.717, 1.165) is 12.2 Å². The van der Waals surface area contributed by atoms with Crippen molar-refractivity contribution < 1.29 is 19.1 Å². The van der Waals surface area contributed by atoms with Crippen LogP contribution < -0.4 is 4.74 Å². The molecule has 0 radical (unpaired) electrons. The monoisotopic (exact) mass is 290 g/mol. The predicted octanol–water partition coefficient (Wildman–Crippen LogP) is 1.12. The average molecular weight is 290 g/mol. The van der Waals surface area contributed by atoms with E-state index in [1.54, 1.807) is 4.90 Å². The van der Waals surface area contributed by atoms with E-state index in [1.807, 2.05) is 30.3 Å². The molecule has 2 heterocycles. The zero-order chi connectivity index (χ0) is 14.7. The first-order valence-corrected chi connectivity index (χ1v) is 7.13. The van der Waals surface area contributed by atoms with E-state index >= 15 is 0 Å². The van der Waals surface area contributed by atoms with Gasteiger partial charge in [0.1, 0.15) is 25.0 Å². The maximum absolute atomic E-state index is 12.2. The summed E-state index contributed by atoms with van der Waals surface area (Å²) in [6.45, 7) is 2.18. The van der Waals surface area contributed by atoms with Gasteiger partial charge in [-0.2, -0.15) is 0 Å². The second kappa shape index (κ2) is 6.03. The molecule has 6 nitrogen and oxygen atoms in total. The first-order valence-electron chi connectivity index (χ1n) is 7.13. The smallest absolute Gasteiger partial charge is 0.410 e. The van der Waals surface area contributed by atoms with Gasteiger partial charge in [-0.3, -0.25) is 9.69 Å². The summed E-state index contributed by atoms with van der Waals surface area (Å²) in [6, 6.07) is 9.60. The highest BCUT2D eigenvalue weighted by atomic mass is 16.6. The van der Waals surface area contributed by atoms with E-state index < -0.39 is 6.09 Å². The fourth-order valence-electron chi connectivity index (χ4n) is 2.58. The summed E-state index contributed by atoms with van der Waals surface area (Å²) in [5.41, 5.74) is 0. The van der Waals surface area contributed by atoms with Gasteiger partial charge >= 0.3 is 6.09 Å². The molecular weight excluding hydrogens is 272 g/mol. The molecule has 0 aliphatic carbocycles. The van der Waals surface area contributed by atoms with Crippen LogP contribution in [0.1, 0.15) is 6.42 Å². The Morgan fingerprint density at radius 1 is 1.29 bits per heavy atom. The van der Waals surface area contributed by atoms with Gasteiger partial charge in [0, 0.05) is 13.0 Å². The van der Waals surface area contributed by atoms with Gasteiger partial charge in [-0.1, -0.05) is 18.2 Å². The van der Waals surface area contributed by atoms with Crippen LogP contribution in [0.2, 0.25) is 0 Å². The van der Waals surface area contributed by atoms with Gasteiger partial charge < -0.3 is 14.4 Å². The van der Waals surface area contributed by atoms with Crippen molar-refractivity contribution in [2.24, 2.45) is 0 Å². The number of hydrogen-bond acceptors (Lipinski definition) is 4. The largest absolute Gasteiger partial charge is 0.489 e. The normalized spacial score (nSPS) is 21.5. The van der Waals surface area contributed by atoms with Crippen molar-refractivity contribution in [3.05, 3.63) is 30.3 Å². The van der Waals surface area contributed by atoms with E-state index in [-0.39, 0.29) is 18.6 Å². The summed E-state index contributed by atoms with van der Waals surface area (Å²) in [7, 11) is 0. The molecular formula is C15H18N2O4. The highest BCUT2D eigenvalue weighted by molar-refractivity contribution is 5.83. The standard InChI is InChI=1S/C15H18N2O4/c18-14(11-17-8-9-20-15(17)19)16-7-6-13(10-16)21-12-4-2-1-3-5-12/h1-5,13H,6-11H2/t13-/m0/s1. The summed E-state index contributed by atoms with van der Waals surface area (Å²) in [4.78, 5) is 26.7. The van der Waals surface area contributed by atoms with Gasteiger partial charge in [-0.05, 0) is 12.1 Å². The lowest BCUT2D eigenvalue weighted by Crippen LogP contribution is -2.40. The van der Waals surface area contributed by atoms with Crippen LogP contribution in [-0.4, -0.2) is 60.7 Å². The predicted molar refractivity (Wildman–Crippen MR) is 75.0 cm³/mol. The molecule has 2 aliphatic heterocycles. The number of benzene rings is 1. The molecule has 0 spiro atoms. The summed E-state index contributed by atoms with van der Waals surface area (Å²) >= 11 is 0. The van der Waals surface area contributed by atoms with Crippen molar-refractivity contribution in [3.8, 4) is 5.75 Å². The van der Waals surface area contributed by atoms with Gasteiger partial charge in [-0.15, -0.1) is 0 Å². The van der Waals surface area contributed by atoms with E-state index in [2.05, 4.69) is 0 Å². The number of carbonyl (C=O) groups excluding carboxylic acids is 2. The number of hydrogen-bond donors (Lipinski definition) is 0. The number of ether oxygens (including phenoxy) is 2. The number of likely N-dealkylation sites (tertiary alicyclic amines) is 1. The summed E-state index contributed by atoms with van der Waals surface area (Å²) in [5.74, 6) is 0.771. The molecule has 112 valence electrons. The molecule has 1 atom stereocenters. The van der Waals surface area contributed by atoms with Gasteiger partial charge in [0.05, 0.1) is 13.1 Å². The molecule has 21 heavy (non-hydrogen) atoms. The minimum atomic E-state index is -0.403. The SMILES string of the molecule is O=C(CN1CCOC1=O)N1CC[C@H](Oc2ccccc2)C1. The number of carbonyl (C=O) groups is 2. The van der Waals surface area contributed by atoms with Crippen molar-refractivity contribution in [3.63, 3.8) is 0 Å². The highest BCUT2D eigenvalue weighted by Crippen LogP contribution is 2.18. The lowest BCUT2D eigenvalue weighted by molar-refractivity contribution is -0.130. The summed E-state index contributed by atoms with van der Waals surface area (Å²) < 4.78 is 10.7. The van der Waals surface area contributed by atoms with E-state index in [1.165, 1.54) is 4.90 Å². The summed E-state index contributed by atoms with van der Waals surface area (Å²) in [5, 5.41) is 0. The molecule has 2 amide bonds. The number of cyclic esters (lactones) is 1. The van der Waals surface area contributed by atoms with E-state index in [4.69, 9.17) is 9.47 Å². The molecule has 0 bridgehead atoms. The Bertz CT molecular complexity index is 520. The maximum atomic E-state index is 12.2. The number of rotatable bonds is 4. The molecule has 1 aromatic rings. The van der Waals surface area contributed by atoms with Crippen molar-refractivity contribution in [1.82, 2.24) is 9.80 Å². The second-order valence-corrected chi connectivity index (χ2v) is 5.22. The van der Waals surface area contributed by atoms with Crippen LogP contribution in [-0.2, 0) is 9.53 Å². The van der Waals surface area contributed by atoms with Crippen LogP contribution in [0.5, 0.6) is 5.75 Å². The molecule has 2 saturated heterocycles. The van der Waals surface area contributed by atoms with E-state index in [9.17, 15) is 9.59 Å². The minimum absolute atomic E-state index is 0.0156. The van der Waals surface area contributed by atoms with Crippen molar-refractivity contribution in [1.29, 1.82) is 0 Å². The summed E-state index contributed by atoms with van der Waals surface area (Å²) in [6.07, 6.45) is 0.423. The molecule has 1 aromatic carbocycles. The van der Waals surface area contributed by atoms with Crippen molar-refractivity contribution >= 4 is 12.0 Å². The highest BCUT2D eigenvalue weighted by Gasteiger charge is 2.31. The van der Waals surface area contributed by atoms with Crippen molar-refractivity contribution in [2.45, 2.75) is 12.5 Å². The topological polar surface area (TPSA) is 59.1 Å². The average Bonchev–Trinajstić information content (AvgIpc) is 3.10. The Labute approximate surface area is 123 Å². The first-order chi connectivity index (χ1) is 10.2. The van der Waals surface area contributed by atoms with Crippen LogP contribution >= 0.6 is 0 Å². The molecule has 6 heteroatoms.